The first kappa shape index (κ1) is 29.3. The predicted octanol–water partition coefficient (Wildman–Crippen LogP) is 4.43. The molecule has 1 aliphatic rings. The molecule has 0 saturated heterocycles. The van der Waals surface area contributed by atoms with Gasteiger partial charge in [0.25, 0.3) is 0 Å². The molecule has 1 aliphatic heterocycles. The van der Waals surface area contributed by atoms with Crippen LogP contribution in [0.1, 0.15) is 19.4 Å². The van der Waals surface area contributed by atoms with Gasteiger partial charge in [-0.15, -0.1) is 0 Å². The minimum Gasteiger partial charge on any atom is -0.438 e. The number of aliphatic imine (C=N–C) groups is 1. The van der Waals surface area contributed by atoms with Crippen LogP contribution in [-0.4, -0.2) is 61.2 Å². The van der Waals surface area contributed by atoms with Crippen molar-refractivity contribution in [1.82, 2.24) is 15.1 Å². The molecular weight excluding hydrogens is 587 g/mol. The molecular formula is C23H20ClF5N6O4S. The number of ether oxygens (including phenoxy) is 1. The highest BCUT2D eigenvalue weighted by Crippen LogP contribution is 2.46. The number of halogens is 6. The second kappa shape index (κ2) is 10.1. The summed E-state index contributed by atoms with van der Waals surface area (Å²) in [6.07, 6.45) is -2.94. The summed E-state index contributed by atoms with van der Waals surface area (Å²) < 4.78 is 96.1. The van der Waals surface area contributed by atoms with Crippen molar-refractivity contribution in [2.24, 2.45) is 15.1 Å². The summed E-state index contributed by atoms with van der Waals surface area (Å²) in [6, 6.07) is 4.40. The molecule has 3 atom stereocenters. The smallest absolute Gasteiger partial charge is 0.438 e. The molecule has 17 heteroatoms. The summed E-state index contributed by atoms with van der Waals surface area (Å²) in [4.78, 5) is 23.9. The molecule has 0 fully saturated rings. The first-order valence-electron chi connectivity index (χ1n) is 11.2. The van der Waals surface area contributed by atoms with Crippen molar-refractivity contribution in [3.8, 4) is 22.8 Å². The van der Waals surface area contributed by atoms with Gasteiger partial charge in [0.2, 0.25) is 5.44 Å². The van der Waals surface area contributed by atoms with Gasteiger partial charge in [0.15, 0.2) is 22.8 Å². The molecule has 40 heavy (non-hydrogen) atoms. The average Bonchev–Trinajstić information content (AvgIpc) is 3.39. The van der Waals surface area contributed by atoms with Crippen molar-refractivity contribution in [2.75, 3.05) is 13.7 Å². The maximum atomic E-state index is 15.4. The van der Waals surface area contributed by atoms with Crippen LogP contribution in [0.3, 0.4) is 0 Å². The van der Waals surface area contributed by atoms with E-state index in [9.17, 15) is 22.2 Å². The lowest BCUT2D eigenvalue weighted by Gasteiger charge is -2.46. The van der Waals surface area contributed by atoms with Gasteiger partial charge in [-0.25, -0.2) is 32.1 Å². The molecule has 4 rings (SSSR count). The molecule has 0 aliphatic carbocycles. The number of rotatable bonds is 5. The van der Waals surface area contributed by atoms with Gasteiger partial charge in [-0.3, -0.25) is 4.99 Å². The highest BCUT2D eigenvalue weighted by atomic mass is 35.5. The Balaban J connectivity index is 1.93. The Morgan fingerprint density at radius 1 is 1.25 bits per heavy atom. The Morgan fingerprint density at radius 3 is 2.48 bits per heavy atom. The Bertz CT molecular complexity index is 1620. The van der Waals surface area contributed by atoms with E-state index in [1.165, 1.54) is 38.4 Å². The Labute approximate surface area is 229 Å². The summed E-state index contributed by atoms with van der Waals surface area (Å²) >= 11 is 5.78. The Kier molecular flexibility index (Phi) is 7.38. The number of alkyl halides is 4. The van der Waals surface area contributed by atoms with Crippen LogP contribution in [0.5, 0.6) is 0 Å². The first-order valence-corrected chi connectivity index (χ1v) is 13.1. The highest BCUT2D eigenvalue weighted by Gasteiger charge is 2.61. The minimum atomic E-state index is -5.56. The Morgan fingerprint density at radius 2 is 1.90 bits per heavy atom. The lowest BCUT2D eigenvalue weighted by molar-refractivity contribution is -0.204. The largest absolute Gasteiger partial charge is 0.490 e. The van der Waals surface area contributed by atoms with E-state index in [0.29, 0.717) is 0 Å². The second-order valence-electron chi connectivity index (χ2n) is 9.05. The number of amidine groups is 1. The number of aromatic nitrogens is 3. The van der Waals surface area contributed by atoms with Crippen molar-refractivity contribution >= 4 is 33.1 Å². The van der Waals surface area contributed by atoms with Gasteiger partial charge in [0.1, 0.15) is 32.8 Å². The van der Waals surface area contributed by atoms with Gasteiger partial charge in [-0.05, 0) is 32.0 Å². The van der Waals surface area contributed by atoms with Crippen molar-refractivity contribution in [1.29, 1.82) is 0 Å². The average molecular weight is 607 g/mol. The third kappa shape index (κ3) is 4.68. The quantitative estimate of drug-likeness (QED) is 0.331. The fourth-order valence-electron chi connectivity index (χ4n) is 4.06. The van der Waals surface area contributed by atoms with Gasteiger partial charge in [-0.2, -0.15) is 13.2 Å². The number of esters is 1. The van der Waals surface area contributed by atoms with Crippen molar-refractivity contribution in [3.63, 3.8) is 0 Å². The summed E-state index contributed by atoms with van der Waals surface area (Å²) in [5.74, 6) is -4.37. The van der Waals surface area contributed by atoms with Crippen LogP contribution in [0.25, 0.3) is 22.8 Å². The minimum absolute atomic E-state index is 0.0124. The van der Waals surface area contributed by atoms with Crippen LogP contribution >= 0.6 is 11.6 Å². The summed E-state index contributed by atoms with van der Waals surface area (Å²) in [5, 5.41) is 4.09. The third-order valence-electron chi connectivity index (χ3n) is 6.35. The van der Waals surface area contributed by atoms with E-state index < -0.39 is 61.5 Å². The molecule has 0 spiro atoms. The molecule has 0 amide bonds. The fraction of sp³-hybridized carbons (Fsp3) is 0.348. The van der Waals surface area contributed by atoms with Crippen molar-refractivity contribution in [3.05, 3.63) is 53.1 Å². The number of carbonyl (C=O) groups excluding carboxylic acids is 1. The molecule has 214 valence electrons. The molecule has 0 bridgehead atoms. The van der Waals surface area contributed by atoms with Crippen LogP contribution in [0.15, 0.2) is 50.5 Å². The second-order valence-corrected chi connectivity index (χ2v) is 12.4. The maximum Gasteiger partial charge on any atom is 0.490 e. The predicted molar refractivity (Wildman–Crippen MR) is 134 cm³/mol. The van der Waals surface area contributed by atoms with Crippen LogP contribution in [0.2, 0.25) is 5.02 Å². The molecule has 1 unspecified atom stereocenters. The third-order valence-corrected chi connectivity index (χ3v) is 9.82. The van der Waals surface area contributed by atoms with Crippen LogP contribution in [-0.2, 0) is 24.8 Å². The zero-order valence-electron chi connectivity index (χ0n) is 20.9. The van der Waals surface area contributed by atoms with Crippen LogP contribution in [0, 0.1) is 5.82 Å². The van der Waals surface area contributed by atoms with Gasteiger partial charge < -0.3 is 15.0 Å². The zero-order chi connectivity index (χ0) is 29.7. The number of hydrogen-bond donors (Lipinski definition) is 1. The van der Waals surface area contributed by atoms with E-state index in [-0.39, 0.29) is 27.9 Å². The normalized spacial score (nSPS) is 24.3. The molecule has 3 aromatic rings. The SMILES string of the molecule is CN=[S@]1(=O)C(OC(=O)C(F)(F)F)[C@@](CF)(c2cc(-c3cc(-c4ncc(Cl)cn4)no3)ccc2F)N=C(N)C1(C)C. The number of carbonyl (C=O) groups is 1. The molecule has 2 N–H and O–H groups in total. The lowest BCUT2D eigenvalue weighted by Crippen LogP contribution is -2.63. The summed E-state index contributed by atoms with van der Waals surface area (Å²) in [5.41, 5.74) is 0.133. The van der Waals surface area contributed by atoms with E-state index >= 15 is 8.78 Å². The Hall–Kier alpha value is -3.66. The van der Waals surface area contributed by atoms with Crippen LogP contribution < -0.4 is 5.73 Å². The lowest BCUT2D eigenvalue weighted by atomic mass is 9.89. The first-order chi connectivity index (χ1) is 18.6. The molecule has 2 aromatic heterocycles. The topological polar surface area (TPSA) is 146 Å². The fourth-order valence-corrected chi connectivity index (χ4v) is 6.67. The number of hydrogen-bond acceptors (Lipinski definition) is 10. The number of nitrogens with two attached hydrogens (primary N) is 1. The molecule has 0 saturated carbocycles. The van der Waals surface area contributed by atoms with E-state index in [0.717, 1.165) is 19.2 Å². The monoisotopic (exact) mass is 606 g/mol. The highest BCUT2D eigenvalue weighted by molar-refractivity contribution is 7.96. The number of benzene rings is 1. The van der Waals surface area contributed by atoms with Gasteiger partial charge in [0.05, 0.1) is 5.02 Å². The zero-order valence-corrected chi connectivity index (χ0v) is 22.4. The van der Waals surface area contributed by atoms with E-state index in [2.05, 4.69) is 29.2 Å². The van der Waals surface area contributed by atoms with Crippen LogP contribution in [0.4, 0.5) is 22.0 Å². The maximum absolute atomic E-state index is 15.4. The molecule has 3 heterocycles. The van der Waals surface area contributed by atoms with E-state index in [4.69, 9.17) is 21.9 Å². The van der Waals surface area contributed by atoms with Gasteiger partial charge >= 0.3 is 12.1 Å². The van der Waals surface area contributed by atoms with E-state index in [1.54, 1.807) is 0 Å². The molecule has 1 aromatic carbocycles. The van der Waals surface area contributed by atoms with Gasteiger partial charge in [0, 0.05) is 36.6 Å². The number of nitrogens with zero attached hydrogens (tertiary/aromatic N) is 5. The molecule has 10 nitrogen and oxygen atoms in total. The van der Waals surface area contributed by atoms with Gasteiger partial charge in [-0.1, -0.05) is 16.8 Å². The van der Waals surface area contributed by atoms with Crippen molar-refractivity contribution in [2.45, 2.75) is 35.7 Å². The summed E-state index contributed by atoms with van der Waals surface area (Å²) in [7, 11) is -3.22. The summed E-state index contributed by atoms with van der Waals surface area (Å²) in [6.45, 7) is 0.672. The standard InChI is InChI=1S/C23H20ClF5N6O4S/c1-21(2)18(30)34-22(10-25,20(40(21,37)31-3)38-19(36)23(27,28)29)13-6-11(4-5-14(13)26)16-7-15(35-39-16)17-32-8-12(24)9-33-17/h4-9,20H,10H2,1-3H3,(H2,30,34)/t20?,22-,40+/m1/s1. The van der Waals surface area contributed by atoms with Crippen molar-refractivity contribution < 1.29 is 40.2 Å². The molecule has 0 radical (unpaired) electrons. The van der Waals surface area contributed by atoms with E-state index in [1.807, 2.05) is 0 Å².